The van der Waals surface area contributed by atoms with E-state index in [-0.39, 0.29) is 11.7 Å². The van der Waals surface area contributed by atoms with Crippen LogP contribution in [0.4, 0.5) is 4.39 Å². The minimum atomic E-state index is -1.26. The number of nitrogens with one attached hydrogen (secondary N) is 1. The largest absolute Gasteiger partial charge is 0.593 e. The second-order valence-corrected chi connectivity index (χ2v) is 7.18. The lowest BCUT2D eigenvalue weighted by molar-refractivity contribution is 0.413. The van der Waals surface area contributed by atoms with Gasteiger partial charge in [-0.3, -0.25) is 0 Å². The van der Waals surface area contributed by atoms with E-state index in [1.165, 1.54) is 13.2 Å². The van der Waals surface area contributed by atoms with Gasteiger partial charge in [-0.2, -0.15) is 0 Å². The fourth-order valence-corrected chi connectivity index (χ4v) is 3.56. The number of benzene rings is 2. The second-order valence-electron chi connectivity index (χ2n) is 5.88. The van der Waals surface area contributed by atoms with Crippen LogP contribution in [0.3, 0.4) is 0 Å². The van der Waals surface area contributed by atoms with Crippen molar-refractivity contribution in [2.45, 2.75) is 38.0 Å². The summed E-state index contributed by atoms with van der Waals surface area (Å²) in [6.45, 7) is 6.79. The molecule has 0 spiro atoms. The van der Waals surface area contributed by atoms with Crippen molar-refractivity contribution >= 4 is 11.4 Å². The van der Waals surface area contributed by atoms with Gasteiger partial charge in [-0.15, -0.1) is 4.72 Å². The maximum atomic E-state index is 14.4. The Morgan fingerprint density at radius 2 is 2.00 bits per heavy atom. The first-order valence-corrected chi connectivity index (χ1v) is 9.26. The van der Waals surface area contributed by atoms with Gasteiger partial charge in [0.25, 0.3) is 0 Å². The molecule has 0 aromatic heterocycles. The Morgan fingerprint density at radius 3 is 2.62 bits per heavy atom. The molecule has 2 aromatic rings. The molecule has 0 aliphatic rings. The topological polar surface area (TPSA) is 44.3 Å². The van der Waals surface area contributed by atoms with E-state index in [1.807, 2.05) is 32.9 Å². The Bertz CT molecular complexity index is 691. The zero-order chi connectivity index (χ0) is 17.7. The van der Waals surface area contributed by atoms with E-state index >= 15 is 0 Å². The number of halogens is 1. The molecule has 0 bridgehead atoms. The van der Waals surface area contributed by atoms with Crippen LogP contribution < -0.4 is 9.46 Å². The van der Waals surface area contributed by atoms with Crippen molar-refractivity contribution in [3.05, 3.63) is 47.8 Å². The van der Waals surface area contributed by atoms with E-state index in [4.69, 9.17) is 4.74 Å². The number of rotatable bonds is 7. The first-order chi connectivity index (χ1) is 11.5. The normalized spacial score (nSPS) is 12.5. The molecule has 0 heterocycles. The van der Waals surface area contributed by atoms with Gasteiger partial charge in [0.2, 0.25) is 0 Å². The quantitative estimate of drug-likeness (QED) is 0.740. The molecule has 3 nitrogen and oxygen atoms in total. The summed E-state index contributed by atoms with van der Waals surface area (Å²) in [5, 5.41) is 0. The lowest BCUT2D eigenvalue weighted by Gasteiger charge is -2.18. The van der Waals surface area contributed by atoms with Crippen molar-refractivity contribution < 1.29 is 13.7 Å². The van der Waals surface area contributed by atoms with Crippen LogP contribution in [0.25, 0.3) is 11.1 Å². The molecule has 0 aliphatic carbocycles. The van der Waals surface area contributed by atoms with Crippen molar-refractivity contribution in [3.8, 4) is 16.9 Å². The zero-order valence-electron chi connectivity index (χ0n) is 14.6. The van der Waals surface area contributed by atoms with Gasteiger partial charge >= 0.3 is 0 Å². The summed E-state index contributed by atoms with van der Waals surface area (Å²) in [6, 6.07) is 10.3. The molecule has 0 amide bonds. The summed E-state index contributed by atoms with van der Waals surface area (Å²) in [5.41, 5.74) is 2.17. The highest BCUT2D eigenvalue weighted by Gasteiger charge is 2.20. The molecule has 1 atom stereocenters. The SMILES string of the molecule is CCCN[S+]([O-])c1ccc(-c2c(F)cccc2OC)c(C(C)C)c1. The third-order valence-electron chi connectivity index (χ3n) is 3.81. The Balaban J connectivity index is 2.52. The molecule has 2 aromatic carbocycles. The van der Waals surface area contributed by atoms with Crippen molar-refractivity contribution in [2.24, 2.45) is 0 Å². The average molecular weight is 349 g/mol. The molecule has 130 valence electrons. The first kappa shape index (κ1) is 18.8. The highest BCUT2D eigenvalue weighted by molar-refractivity contribution is 7.89. The fraction of sp³-hybridized carbons (Fsp3) is 0.368. The number of hydrogen-bond acceptors (Lipinski definition) is 3. The van der Waals surface area contributed by atoms with Gasteiger partial charge in [0.15, 0.2) is 4.90 Å². The lowest BCUT2D eigenvalue weighted by Crippen LogP contribution is -2.24. The second kappa shape index (κ2) is 8.51. The van der Waals surface area contributed by atoms with Gasteiger partial charge in [0.1, 0.15) is 11.6 Å². The third-order valence-corrected chi connectivity index (χ3v) is 4.96. The third kappa shape index (κ3) is 4.09. The van der Waals surface area contributed by atoms with E-state index in [0.717, 1.165) is 17.5 Å². The van der Waals surface area contributed by atoms with Crippen LogP contribution in [-0.2, 0) is 11.4 Å². The number of methoxy groups -OCH3 is 1. The summed E-state index contributed by atoms with van der Waals surface area (Å²) < 4.78 is 35.1. The number of hydrogen-bond donors (Lipinski definition) is 1. The first-order valence-electron chi connectivity index (χ1n) is 8.11. The van der Waals surface area contributed by atoms with Crippen LogP contribution >= 0.6 is 0 Å². The summed E-state index contributed by atoms with van der Waals surface area (Å²) in [7, 11) is 1.53. The van der Waals surface area contributed by atoms with E-state index in [9.17, 15) is 8.94 Å². The standard InChI is InChI=1S/C19H24FNO2S/c1-5-11-21-24(22)14-9-10-15(16(12-14)13(2)3)19-17(20)7-6-8-18(19)23-4/h6-10,12-13,21H,5,11H2,1-4H3. The summed E-state index contributed by atoms with van der Waals surface area (Å²) in [4.78, 5) is 0.700. The average Bonchev–Trinajstić information content (AvgIpc) is 2.58. The molecule has 1 N–H and O–H groups in total. The van der Waals surface area contributed by atoms with E-state index in [0.29, 0.717) is 22.8 Å². The Labute approximate surface area is 146 Å². The van der Waals surface area contributed by atoms with E-state index in [2.05, 4.69) is 4.72 Å². The predicted molar refractivity (Wildman–Crippen MR) is 97.2 cm³/mol. The van der Waals surface area contributed by atoms with Gasteiger partial charge in [-0.25, -0.2) is 4.39 Å². The maximum absolute atomic E-state index is 14.4. The molecule has 2 rings (SSSR count). The molecular weight excluding hydrogens is 325 g/mol. The number of ether oxygens (including phenoxy) is 1. The minimum Gasteiger partial charge on any atom is -0.593 e. The molecule has 0 saturated heterocycles. The van der Waals surface area contributed by atoms with Gasteiger partial charge in [0.05, 0.1) is 24.0 Å². The van der Waals surface area contributed by atoms with E-state index in [1.54, 1.807) is 18.2 Å². The molecule has 1 unspecified atom stereocenters. The van der Waals surface area contributed by atoms with Crippen LogP contribution in [0.15, 0.2) is 41.3 Å². The summed E-state index contributed by atoms with van der Waals surface area (Å²) in [5.74, 6) is 0.330. The van der Waals surface area contributed by atoms with Gasteiger partial charge in [-0.1, -0.05) is 26.8 Å². The Kier molecular flexibility index (Phi) is 6.66. The van der Waals surface area contributed by atoms with E-state index < -0.39 is 11.4 Å². The Hall–Kier alpha value is -1.56. The Morgan fingerprint density at radius 1 is 1.25 bits per heavy atom. The molecule has 0 saturated carbocycles. The monoisotopic (exact) mass is 349 g/mol. The van der Waals surface area contributed by atoms with Crippen molar-refractivity contribution in [2.75, 3.05) is 13.7 Å². The highest BCUT2D eigenvalue weighted by atomic mass is 32.2. The molecule has 0 radical (unpaired) electrons. The fourth-order valence-electron chi connectivity index (χ4n) is 2.58. The molecular formula is C19H24FNO2S. The zero-order valence-corrected chi connectivity index (χ0v) is 15.4. The predicted octanol–water partition coefficient (Wildman–Crippen LogP) is 4.65. The molecule has 5 heteroatoms. The summed E-state index contributed by atoms with van der Waals surface area (Å²) in [6.07, 6.45) is 0.910. The van der Waals surface area contributed by atoms with Crippen molar-refractivity contribution in [3.63, 3.8) is 0 Å². The van der Waals surface area contributed by atoms with Crippen LogP contribution in [0.1, 0.15) is 38.7 Å². The van der Waals surface area contributed by atoms with Crippen molar-refractivity contribution in [1.82, 2.24) is 4.72 Å². The smallest absolute Gasteiger partial charge is 0.174 e. The van der Waals surface area contributed by atoms with Crippen LogP contribution in [-0.4, -0.2) is 18.2 Å². The molecule has 0 aliphatic heterocycles. The van der Waals surface area contributed by atoms with Crippen LogP contribution in [0.5, 0.6) is 5.75 Å². The molecule has 24 heavy (non-hydrogen) atoms. The van der Waals surface area contributed by atoms with Crippen LogP contribution in [0.2, 0.25) is 0 Å². The van der Waals surface area contributed by atoms with Gasteiger partial charge in [-0.05, 0) is 53.8 Å². The maximum Gasteiger partial charge on any atom is 0.174 e. The molecule has 0 fully saturated rings. The van der Waals surface area contributed by atoms with Crippen LogP contribution in [0, 0.1) is 5.82 Å². The highest BCUT2D eigenvalue weighted by Crippen LogP contribution is 2.38. The van der Waals surface area contributed by atoms with Gasteiger partial charge < -0.3 is 9.29 Å². The van der Waals surface area contributed by atoms with Gasteiger partial charge in [0, 0.05) is 6.54 Å². The summed E-state index contributed by atoms with van der Waals surface area (Å²) >= 11 is -1.26. The van der Waals surface area contributed by atoms with Crippen molar-refractivity contribution in [1.29, 1.82) is 0 Å². The lowest BCUT2D eigenvalue weighted by atomic mass is 9.92. The minimum absolute atomic E-state index is 0.160.